The minimum absolute atomic E-state index is 0.112. The van der Waals surface area contributed by atoms with Crippen LogP contribution in [0.2, 0.25) is 0 Å². The third-order valence-electron chi connectivity index (χ3n) is 3.52. The maximum Gasteiger partial charge on any atom is 0.315 e. The van der Waals surface area contributed by atoms with Gasteiger partial charge in [0.05, 0.1) is 6.10 Å². The molecular weight excluding hydrogens is 240 g/mol. The largest absolute Gasteiger partial charge is 0.393 e. The lowest BCUT2D eigenvalue weighted by molar-refractivity contribution is 0.113. The van der Waals surface area contributed by atoms with E-state index < -0.39 is 0 Å². The minimum Gasteiger partial charge on any atom is -0.393 e. The molecule has 3 N–H and O–H groups in total. The van der Waals surface area contributed by atoms with Gasteiger partial charge in [0.15, 0.2) is 0 Å². The Kier molecular flexibility index (Phi) is 5.21. The van der Waals surface area contributed by atoms with Gasteiger partial charge >= 0.3 is 6.03 Å². The number of carbonyl (C=O) groups excluding carboxylic acids is 1. The topological polar surface area (TPSA) is 61.4 Å². The van der Waals surface area contributed by atoms with Crippen LogP contribution in [-0.4, -0.2) is 29.8 Å². The number of nitrogens with one attached hydrogen (secondary N) is 2. The predicted octanol–water partition coefficient (Wildman–Crippen LogP) is 1.83. The van der Waals surface area contributed by atoms with Gasteiger partial charge in [0, 0.05) is 12.6 Å². The van der Waals surface area contributed by atoms with Crippen LogP contribution in [0, 0.1) is 0 Å². The smallest absolute Gasteiger partial charge is 0.315 e. The first kappa shape index (κ1) is 13.9. The molecule has 0 aromatic heterocycles. The summed E-state index contributed by atoms with van der Waals surface area (Å²) in [7, 11) is 0. The second-order valence-electron chi connectivity index (χ2n) is 5.15. The molecule has 1 aliphatic carbocycles. The van der Waals surface area contributed by atoms with Gasteiger partial charge in [-0.1, -0.05) is 30.3 Å². The van der Waals surface area contributed by atoms with E-state index in [4.69, 9.17) is 0 Å². The third kappa shape index (κ3) is 4.91. The molecule has 1 aromatic rings. The van der Waals surface area contributed by atoms with Crippen molar-refractivity contribution in [1.29, 1.82) is 0 Å². The molecule has 2 rings (SSSR count). The standard InChI is InChI=1S/C15H22N2O2/c18-14-8-4-7-13(11-14)17-15(19)16-10-9-12-5-2-1-3-6-12/h1-3,5-6,13-14,18H,4,7-11H2,(H2,16,17,19)/t13-,14+/m0/s1. The predicted molar refractivity (Wildman–Crippen MR) is 74.9 cm³/mol. The number of hydrogen-bond acceptors (Lipinski definition) is 2. The Hall–Kier alpha value is -1.55. The summed E-state index contributed by atoms with van der Waals surface area (Å²) in [6.45, 7) is 0.630. The van der Waals surface area contributed by atoms with Crippen LogP contribution in [0.5, 0.6) is 0 Å². The monoisotopic (exact) mass is 262 g/mol. The molecular formula is C15H22N2O2. The summed E-state index contributed by atoms with van der Waals surface area (Å²) in [6, 6.07) is 10.1. The lowest BCUT2D eigenvalue weighted by atomic mass is 9.93. The van der Waals surface area contributed by atoms with E-state index >= 15 is 0 Å². The Morgan fingerprint density at radius 3 is 2.79 bits per heavy atom. The van der Waals surface area contributed by atoms with Crippen LogP contribution in [-0.2, 0) is 6.42 Å². The highest BCUT2D eigenvalue weighted by Crippen LogP contribution is 2.17. The first-order valence-corrected chi connectivity index (χ1v) is 7.00. The van der Waals surface area contributed by atoms with Gasteiger partial charge < -0.3 is 15.7 Å². The number of benzene rings is 1. The van der Waals surface area contributed by atoms with Crippen LogP contribution in [0.3, 0.4) is 0 Å². The van der Waals surface area contributed by atoms with E-state index in [0.717, 1.165) is 25.7 Å². The van der Waals surface area contributed by atoms with E-state index in [0.29, 0.717) is 13.0 Å². The van der Waals surface area contributed by atoms with Crippen LogP contribution in [0.15, 0.2) is 30.3 Å². The van der Waals surface area contributed by atoms with Crippen LogP contribution >= 0.6 is 0 Å². The molecule has 1 saturated carbocycles. The number of urea groups is 1. The molecule has 2 amide bonds. The fraction of sp³-hybridized carbons (Fsp3) is 0.533. The zero-order valence-electron chi connectivity index (χ0n) is 11.1. The Labute approximate surface area is 114 Å². The molecule has 1 aromatic carbocycles. The van der Waals surface area contributed by atoms with Gasteiger partial charge in [-0.3, -0.25) is 0 Å². The summed E-state index contributed by atoms with van der Waals surface area (Å²) in [5.74, 6) is 0. The van der Waals surface area contributed by atoms with E-state index in [1.165, 1.54) is 5.56 Å². The Bertz CT molecular complexity index is 394. The van der Waals surface area contributed by atoms with E-state index in [1.54, 1.807) is 0 Å². The summed E-state index contributed by atoms with van der Waals surface area (Å²) in [5.41, 5.74) is 1.22. The Morgan fingerprint density at radius 1 is 1.26 bits per heavy atom. The lowest BCUT2D eigenvalue weighted by Crippen LogP contribution is -2.45. The minimum atomic E-state index is -0.261. The second kappa shape index (κ2) is 7.14. The van der Waals surface area contributed by atoms with Gasteiger partial charge in [-0.25, -0.2) is 4.79 Å². The van der Waals surface area contributed by atoms with Gasteiger partial charge in [-0.15, -0.1) is 0 Å². The average Bonchev–Trinajstić information content (AvgIpc) is 2.40. The fourth-order valence-electron chi connectivity index (χ4n) is 2.50. The molecule has 0 heterocycles. The first-order valence-electron chi connectivity index (χ1n) is 7.00. The summed E-state index contributed by atoms with van der Waals surface area (Å²) in [6.07, 6.45) is 4.05. The van der Waals surface area contributed by atoms with Gasteiger partial charge in [-0.05, 0) is 37.7 Å². The normalized spacial score (nSPS) is 22.8. The van der Waals surface area contributed by atoms with E-state index in [-0.39, 0.29) is 18.2 Å². The highest BCUT2D eigenvalue weighted by molar-refractivity contribution is 5.74. The number of aliphatic hydroxyl groups is 1. The van der Waals surface area contributed by atoms with Gasteiger partial charge in [0.1, 0.15) is 0 Å². The second-order valence-corrected chi connectivity index (χ2v) is 5.15. The van der Waals surface area contributed by atoms with Gasteiger partial charge in [0.2, 0.25) is 0 Å². The van der Waals surface area contributed by atoms with Crippen molar-refractivity contribution >= 4 is 6.03 Å². The van der Waals surface area contributed by atoms with Crippen LogP contribution in [0.4, 0.5) is 4.79 Å². The Morgan fingerprint density at radius 2 is 2.05 bits per heavy atom. The highest BCUT2D eigenvalue weighted by Gasteiger charge is 2.21. The van der Waals surface area contributed by atoms with Crippen molar-refractivity contribution in [3.8, 4) is 0 Å². The number of rotatable bonds is 4. The summed E-state index contributed by atoms with van der Waals surface area (Å²) in [4.78, 5) is 11.7. The number of hydrogen-bond donors (Lipinski definition) is 3. The summed E-state index contributed by atoms with van der Waals surface area (Å²) < 4.78 is 0. The van der Waals surface area contributed by atoms with E-state index in [9.17, 15) is 9.90 Å². The van der Waals surface area contributed by atoms with Crippen molar-refractivity contribution in [1.82, 2.24) is 10.6 Å². The molecule has 4 nitrogen and oxygen atoms in total. The SMILES string of the molecule is O=C(NCCc1ccccc1)N[C@H]1CCC[C@@H](O)C1. The lowest BCUT2D eigenvalue weighted by Gasteiger charge is -2.26. The molecule has 2 atom stereocenters. The average molecular weight is 262 g/mol. The van der Waals surface area contributed by atoms with Crippen LogP contribution in [0.1, 0.15) is 31.2 Å². The zero-order valence-corrected chi connectivity index (χ0v) is 11.1. The number of carbonyl (C=O) groups is 1. The molecule has 1 aliphatic rings. The molecule has 0 spiro atoms. The highest BCUT2D eigenvalue weighted by atomic mass is 16.3. The molecule has 0 aliphatic heterocycles. The molecule has 104 valence electrons. The molecule has 19 heavy (non-hydrogen) atoms. The molecule has 4 heteroatoms. The number of aliphatic hydroxyl groups excluding tert-OH is 1. The Balaban J connectivity index is 1.64. The van der Waals surface area contributed by atoms with Crippen molar-refractivity contribution < 1.29 is 9.90 Å². The van der Waals surface area contributed by atoms with Crippen molar-refractivity contribution in [3.05, 3.63) is 35.9 Å². The zero-order chi connectivity index (χ0) is 13.5. The quantitative estimate of drug-likeness (QED) is 0.775. The van der Waals surface area contributed by atoms with Crippen LogP contribution < -0.4 is 10.6 Å². The molecule has 0 unspecified atom stereocenters. The van der Waals surface area contributed by atoms with Crippen LogP contribution in [0.25, 0.3) is 0 Å². The first-order chi connectivity index (χ1) is 9.24. The third-order valence-corrected chi connectivity index (χ3v) is 3.52. The fourth-order valence-corrected chi connectivity index (χ4v) is 2.50. The summed E-state index contributed by atoms with van der Waals surface area (Å²) in [5, 5.41) is 15.3. The van der Waals surface area contributed by atoms with Crippen molar-refractivity contribution in [3.63, 3.8) is 0 Å². The van der Waals surface area contributed by atoms with E-state index in [1.807, 2.05) is 18.2 Å². The van der Waals surface area contributed by atoms with Gasteiger partial charge in [0.25, 0.3) is 0 Å². The summed E-state index contributed by atoms with van der Waals surface area (Å²) >= 11 is 0. The van der Waals surface area contributed by atoms with Gasteiger partial charge in [-0.2, -0.15) is 0 Å². The van der Waals surface area contributed by atoms with Crippen molar-refractivity contribution in [2.45, 2.75) is 44.2 Å². The molecule has 1 fully saturated rings. The van der Waals surface area contributed by atoms with E-state index in [2.05, 4.69) is 22.8 Å². The van der Waals surface area contributed by atoms with Crippen molar-refractivity contribution in [2.24, 2.45) is 0 Å². The van der Waals surface area contributed by atoms with Crippen molar-refractivity contribution in [2.75, 3.05) is 6.54 Å². The molecule has 0 radical (unpaired) electrons. The number of amides is 2. The maximum absolute atomic E-state index is 11.7. The molecule has 0 bridgehead atoms. The molecule has 0 saturated heterocycles. The maximum atomic E-state index is 11.7.